The van der Waals surface area contributed by atoms with Gasteiger partial charge in [-0.25, -0.2) is 13.8 Å². The van der Waals surface area contributed by atoms with Gasteiger partial charge in [-0.1, -0.05) is 6.07 Å². The number of rotatable bonds is 4. The molecule has 1 unspecified atom stereocenters. The summed E-state index contributed by atoms with van der Waals surface area (Å²) in [6, 6.07) is 3.67. The van der Waals surface area contributed by atoms with Crippen molar-refractivity contribution < 1.29 is 13.9 Å². The third kappa shape index (κ3) is 2.41. The minimum atomic E-state index is -0.973. The van der Waals surface area contributed by atoms with Gasteiger partial charge >= 0.3 is 0 Å². The van der Waals surface area contributed by atoms with E-state index < -0.39 is 17.7 Å². The number of benzene rings is 1. The molecule has 3 nitrogen and oxygen atoms in total. The highest BCUT2D eigenvalue weighted by molar-refractivity contribution is 5.22. The average Bonchev–Trinajstić information content (AvgIpc) is 2.82. The van der Waals surface area contributed by atoms with E-state index in [0.717, 1.165) is 0 Å². The van der Waals surface area contributed by atoms with Crippen molar-refractivity contribution in [2.75, 3.05) is 0 Å². The van der Waals surface area contributed by atoms with Crippen molar-refractivity contribution in [1.29, 1.82) is 0 Å². The zero-order valence-electron chi connectivity index (χ0n) is 9.98. The van der Waals surface area contributed by atoms with Gasteiger partial charge in [0.2, 0.25) is 0 Å². The monoisotopic (exact) mass is 252 g/mol. The van der Waals surface area contributed by atoms with Crippen LogP contribution in [-0.2, 0) is 13.0 Å². The van der Waals surface area contributed by atoms with Crippen molar-refractivity contribution in [3.8, 4) is 0 Å². The van der Waals surface area contributed by atoms with Gasteiger partial charge in [-0.05, 0) is 19.1 Å². The molecule has 1 aromatic heterocycles. The van der Waals surface area contributed by atoms with Crippen molar-refractivity contribution in [3.05, 3.63) is 53.6 Å². The summed E-state index contributed by atoms with van der Waals surface area (Å²) in [6.07, 6.45) is 2.01. The highest BCUT2D eigenvalue weighted by Crippen LogP contribution is 2.21. The second-order valence-electron chi connectivity index (χ2n) is 4.02. The van der Waals surface area contributed by atoms with Gasteiger partial charge in [-0.2, -0.15) is 0 Å². The highest BCUT2D eigenvalue weighted by atomic mass is 19.1. The highest BCUT2D eigenvalue weighted by Gasteiger charge is 2.17. The Hall–Kier alpha value is -1.75. The van der Waals surface area contributed by atoms with Gasteiger partial charge in [0.15, 0.2) is 0 Å². The second-order valence-corrected chi connectivity index (χ2v) is 4.02. The summed E-state index contributed by atoms with van der Waals surface area (Å²) < 4.78 is 28.7. The molecule has 0 spiro atoms. The van der Waals surface area contributed by atoms with E-state index in [1.54, 1.807) is 10.9 Å². The molecule has 0 saturated carbocycles. The van der Waals surface area contributed by atoms with E-state index in [4.69, 9.17) is 0 Å². The lowest BCUT2D eigenvalue weighted by atomic mass is 10.0. The molecule has 1 N–H and O–H groups in total. The van der Waals surface area contributed by atoms with Crippen molar-refractivity contribution in [2.45, 2.75) is 26.0 Å². The number of aryl methyl sites for hydroxylation is 1. The number of hydrogen-bond donors (Lipinski definition) is 1. The Kier molecular flexibility index (Phi) is 3.72. The summed E-state index contributed by atoms with van der Waals surface area (Å²) in [4.78, 5) is 3.92. The first-order chi connectivity index (χ1) is 8.63. The summed E-state index contributed by atoms with van der Waals surface area (Å²) >= 11 is 0. The molecular weight excluding hydrogens is 238 g/mol. The van der Waals surface area contributed by atoms with E-state index in [-0.39, 0.29) is 12.0 Å². The number of aliphatic hydroxyl groups excluding tert-OH is 1. The third-order valence-corrected chi connectivity index (χ3v) is 2.89. The topological polar surface area (TPSA) is 38.0 Å². The van der Waals surface area contributed by atoms with Crippen LogP contribution < -0.4 is 0 Å². The van der Waals surface area contributed by atoms with E-state index in [1.165, 1.54) is 24.4 Å². The Bertz CT molecular complexity index is 519. The van der Waals surface area contributed by atoms with Crippen molar-refractivity contribution in [3.63, 3.8) is 0 Å². The maximum Gasteiger partial charge on any atom is 0.129 e. The molecule has 0 radical (unpaired) electrons. The summed E-state index contributed by atoms with van der Waals surface area (Å²) in [5.41, 5.74) is 0.453. The van der Waals surface area contributed by atoms with Gasteiger partial charge in [0.1, 0.15) is 11.6 Å². The van der Waals surface area contributed by atoms with Crippen molar-refractivity contribution in [2.24, 2.45) is 0 Å². The lowest BCUT2D eigenvalue weighted by Crippen LogP contribution is -2.10. The predicted octanol–water partition coefficient (Wildman–Crippen LogP) is 2.46. The summed E-state index contributed by atoms with van der Waals surface area (Å²) in [5.74, 6) is -1.28. The Balaban J connectivity index is 2.24. The SMILES string of the molecule is CCn1cncc1C(O)Cc1c(F)cccc1F. The summed E-state index contributed by atoms with van der Waals surface area (Å²) in [6.45, 7) is 2.55. The van der Waals surface area contributed by atoms with Crippen molar-refractivity contribution in [1.82, 2.24) is 9.55 Å². The molecule has 18 heavy (non-hydrogen) atoms. The molecule has 2 rings (SSSR count). The molecule has 96 valence electrons. The molecule has 0 aliphatic carbocycles. The fourth-order valence-corrected chi connectivity index (χ4v) is 1.90. The largest absolute Gasteiger partial charge is 0.386 e. The molecule has 0 bridgehead atoms. The number of aromatic nitrogens is 2. The fourth-order valence-electron chi connectivity index (χ4n) is 1.90. The lowest BCUT2D eigenvalue weighted by Gasteiger charge is -2.13. The molecule has 1 heterocycles. The van der Waals surface area contributed by atoms with Crippen LogP contribution in [0.4, 0.5) is 8.78 Å². The molecule has 0 aliphatic rings. The van der Waals surface area contributed by atoms with Crippen molar-refractivity contribution >= 4 is 0 Å². The van der Waals surface area contributed by atoms with E-state index in [1.807, 2.05) is 6.92 Å². The first-order valence-corrected chi connectivity index (χ1v) is 5.74. The van der Waals surface area contributed by atoms with Gasteiger partial charge in [-0.3, -0.25) is 0 Å². The second kappa shape index (κ2) is 5.27. The summed E-state index contributed by atoms with van der Waals surface area (Å²) in [5, 5.41) is 10.0. The molecule has 0 saturated heterocycles. The van der Waals surface area contributed by atoms with Crippen LogP contribution in [0.25, 0.3) is 0 Å². The Morgan fingerprint density at radius 3 is 2.61 bits per heavy atom. The van der Waals surface area contributed by atoms with Crippen LogP contribution in [-0.4, -0.2) is 14.7 Å². The summed E-state index contributed by atoms with van der Waals surface area (Å²) in [7, 11) is 0. The number of aliphatic hydroxyl groups is 1. The predicted molar refractivity (Wildman–Crippen MR) is 62.9 cm³/mol. The van der Waals surface area contributed by atoms with Crippen LogP contribution in [0.5, 0.6) is 0 Å². The Morgan fingerprint density at radius 2 is 2.00 bits per heavy atom. The third-order valence-electron chi connectivity index (χ3n) is 2.89. The van der Waals surface area contributed by atoms with Crippen LogP contribution in [0.2, 0.25) is 0 Å². The molecule has 1 atom stereocenters. The van der Waals surface area contributed by atoms with E-state index in [9.17, 15) is 13.9 Å². The van der Waals surface area contributed by atoms with Gasteiger partial charge in [-0.15, -0.1) is 0 Å². The zero-order valence-corrected chi connectivity index (χ0v) is 9.98. The van der Waals surface area contributed by atoms with Gasteiger partial charge < -0.3 is 9.67 Å². The number of nitrogens with zero attached hydrogens (tertiary/aromatic N) is 2. The van der Waals surface area contributed by atoms with Crippen LogP contribution in [0, 0.1) is 11.6 Å². The lowest BCUT2D eigenvalue weighted by molar-refractivity contribution is 0.166. The molecular formula is C13H14F2N2O. The smallest absolute Gasteiger partial charge is 0.129 e. The number of halogens is 2. The molecule has 1 aromatic carbocycles. The van der Waals surface area contributed by atoms with E-state index >= 15 is 0 Å². The molecule has 0 fully saturated rings. The quantitative estimate of drug-likeness (QED) is 0.907. The average molecular weight is 252 g/mol. The van der Waals surface area contributed by atoms with E-state index in [0.29, 0.717) is 12.2 Å². The van der Waals surface area contributed by atoms with Gasteiger partial charge in [0, 0.05) is 18.5 Å². The normalized spacial score (nSPS) is 12.7. The van der Waals surface area contributed by atoms with E-state index in [2.05, 4.69) is 4.98 Å². The zero-order chi connectivity index (χ0) is 13.1. The molecule has 0 amide bonds. The van der Waals surface area contributed by atoms with Crippen LogP contribution in [0.3, 0.4) is 0 Å². The van der Waals surface area contributed by atoms with Crippen LogP contribution >= 0.6 is 0 Å². The molecule has 0 aliphatic heterocycles. The minimum Gasteiger partial charge on any atom is -0.386 e. The van der Waals surface area contributed by atoms with Crippen LogP contribution in [0.15, 0.2) is 30.7 Å². The molecule has 5 heteroatoms. The number of imidazole rings is 1. The molecule has 2 aromatic rings. The Labute approximate surface area is 104 Å². The first kappa shape index (κ1) is 12.7. The van der Waals surface area contributed by atoms with Gasteiger partial charge in [0.25, 0.3) is 0 Å². The first-order valence-electron chi connectivity index (χ1n) is 5.74. The Morgan fingerprint density at radius 1 is 1.33 bits per heavy atom. The maximum absolute atomic E-state index is 13.5. The minimum absolute atomic E-state index is 0.103. The fraction of sp³-hybridized carbons (Fsp3) is 0.308. The van der Waals surface area contributed by atoms with Crippen LogP contribution in [0.1, 0.15) is 24.3 Å². The standard InChI is InChI=1S/C13H14F2N2O/c1-2-17-8-16-7-12(17)13(18)6-9-10(14)4-3-5-11(9)15/h3-5,7-8,13,18H,2,6H2,1H3. The van der Waals surface area contributed by atoms with Gasteiger partial charge in [0.05, 0.1) is 24.3 Å². The maximum atomic E-state index is 13.5. The number of hydrogen-bond acceptors (Lipinski definition) is 2.